The molecule has 0 aromatic carbocycles. The standard InChI is InChI=1S/C8H16N4O2/c1-2-14-8(13)12-5-3-11(4-6-12)7(9)10/h2-6H2,1H3,(H3,9,10)/p+1. The SMILES string of the molecule is CCOC(=O)N1CC[N+](=C(N)N)CC1. The van der Waals surface area contributed by atoms with Crippen LogP contribution in [-0.4, -0.2) is 54.3 Å². The van der Waals surface area contributed by atoms with E-state index in [0.29, 0.717) is 38.7 Å². The maximum absolute atomic E-state index is 11.3. The van der Waals surface area contributed by atoms with Crippen LogP contribution in [0.15, 0.2) is 0 Å². The van der Waals surface area contributed by atoms with Gasteiger partial charge in [0.1, 0.15) is 0 Å². The molecule has 1 saturated heterocycles. The van der Waals surface area contributed by atoms with Crippen molar-refractivity contribution in [3.05, 3.63) is 0 Å². The van der Waals surface area contributed by atoms with Gasteiger partial charge in [-0.2, -0.15) is 0 Å². The number of guanidine groups is 1. The summed E-state index contributed by atoms with van der Waals surface area (Å²) < 4.78 is 6.72. The average Bonchev–Trinajstić information content (AvgIpc) is 2.18. The number of rotatable bonds is 1. The van der Waals surface area contributed by atoms with Crippen LogP contribution in [0.25, 0.3) is 0 Å². The third-order valence-corrected chi connectivity index (χ3v) is 2.17. The topological polar surface area (TPSA) is 84.6 Å². The van der Waals surface area contributed by atoms with Gasteiger partial charge >= 0.3 is 12.1 Å². The minimum Gasteiger partial charge on any atom is -0.450 e. The van der Waals surface area contributed by atoms with Gasteiger partial charge in [-0.15, -0.1) is 0 Å². The molecule has 4 N–H and O–H groups in total. The third-order valence-electron chi connectivity index (χ3n) is 2.17. The number of hydrogen-bond acceptors (Lipinski definition) is 2. The molecule has 0 aromatic heterocycles. The van der Waals surface area contributed by atoms with E-state index in [0.717, 1.165) is 0 Å². The molecule has 0 aromatic rings. The zero-order chi connectivity index (χ0) is 10.6. The number of carbonyl (C=O) groups is 1. The van der Waals surface area contributed by atoms with Crippen molar-refractivity contribution < 1.29 is 14.1 Å². The van der Waals surface area contributed by atoms with Crippen LogP contribution in [0.1, 0.15) is 6.92 Å². The van der Waals surface area contributed by atoms with E-state index in [1.165, 1.54) is 0 Å². The van der Waals surface area contributed by atoms with E-state index >= 15 is 0 Å². The molecule has 0 radical (unpaired) electrons. The lowest BCUT2D eigenvalue weighted by atomic mass is 10.4. The molecule has 1 fully saturated rings. The molecule has 80 valence electrons. The van der Waals surface area contributed by atoms with Crippen LogP contribution in [0.3, 0.4) is 0 Å². The molecule has 0 aliphatic carbocycles. The molecular weight excluding hydrogens is 184 g/mol. The molecule has 1 rings (SSSR count). The lowest BCUT2D eigenvalue weighted by Crippen LogP contribution is -2.49. The van der Waals surface area contributed by atoms with Crippen LogP contribution in [-0.2, 0) is 4.74 Å². The fraction of sp³-hybridized carbons (Fsp3) is 0.750. The Morgan fingerprint density at radius 2 is 2.00 bits per heavy atom. The highest BCUT2D eigenvalue weighted by molar-refractivity contribution is 5.70. The summed E-state index contributed by atoms with van der Waals surface area (Å²) in [5.74, 6) is 0.313. The molecule has 14 heavy (non-hydrogen) atoms. The van der Waals surface area contributed by atoms with Gasteiger partial charge in [-0.25, -0.2) is 4.79 Å². The summed E-state index contributed by atoms with van der Waals surface area (Å²) in [5, 5.41) is 0. The van der Waals surface area contributed by atoms with Gasteiger partial charge in [0.25, 0.3) is 0 Å². The molecule has 0 unspecified atom stereocenters. The first kappa shape index (κ1) is 10.6. The van der Waals surface area contributed by atoms with Crippen molar-refractivity contribution in [2.45, 2.75) is 6.92 Å². The van der Waals surface area contributed by atoms with E-state index in [1.54, 1.807) is 11.8 Å². The smallest absolute Gasteiger partial charge is 0.409 e. The van der Waals surface area contributed by atoms with E-state index in [1.807, 2.05) is 4.58 Å². The van der Waals surface area contributed by atoms with Gasteiger partial charge in [0.2, 0.25) is 0 Å². The Bertz CT molecular complexity index is 238. The van der Waals surface area contributed by atoms with Gasteiger partial charge in [-0.3, -0.25) is 16.0 Å². The Balaban J connectivity index is 2.43. The lowest BCUT2D eigenvalue weighted by Gasteiger charge is -2.27. The number of ether oxygens (including phenoxy) is 1. The Kier molecular flexibility index (Phi) is 3.55. The molecule has 6 nitrogen and oxygen atoms in total. The third kappa shape index (κ3) is 2.51. The Hall–Kier alpha value is -1.46. The first-order chi connectivity index (χ1) is 6.65. The first-order valence-electron chi connectivity index (χ1n) is 4.69. The molecule has 0 saturated carbocycles. The van der Waals surface area contributed by atoms with Crippen LogP contribution in [0.5, 0.6) is 0 Å². The first-order valence-corrected chi connectivity index (χ1v) is 4.69. The monoisotopic (exact) mass is 201 g/mol. The molecule has 6 heteroatoms. The van der Waals surface area contributed by atoms with Crippen molar-refractivity contribution >= 4 is 12.1 Å². The number of nitrogens with zero attached hydrogens (tertiary/aromatic N) is 2. The highest BCUT2D eigenvalue weighted by Crippen LogP contribution is 1.99. The van der Waals surface area contributed by atoms with Crippen molar-refractivity contribution in [3.63, 3.8) is 0 Å². The molecule has 1 heterocycles. The molecule has 0 spiro atoms. The van der Waals surface area contributed by atoms with E-state index in [-0.39, 0.29) is 6.09 Å². The Morgan fingerprint density at radius 1 is 1.43 bits per heavy atom. The number of carbonyl (C=O) groups excluding carboxylic acids is 1. The van der Waals surface area contributed by atoms with E-state index < -0.39 is 0 Å². The number of piperazine rings is 1. The van der Waals surface area contributed by atoms with Crippen LogP contribution < -0.4 is 11.5 Å². The van der Waals surface area contributed by atoms with Crippen molar-refractivity contribution in [1.29, 1.82) is 0 Å². The number of nitrogens with two attached hydrogens (primary N) is 2. The molecule has 1 aliphatic heterocycles. The van der Waals surface area contributed by atoms with E-state index in [4.69, 9.17) is 16.2 Å². The molecule has 0 bridgehead atoms. The molecule has 0 atom stereocenters. The maximum Gasteiger partial charge on any atom is 0.409 e. The van der Waals surface area contributed by atoms with Crippen LogP contribution in [0, 0.1) is 0 Å². The van der Waals surface area contributed by atoms with Gasteiger partial charge in [-0.05, 0) is 6.92 Å². The second-order valence-corrected chi connectivity index (χ2v) is 3.10. The highest BCUT2D eigenvalue weighted by atomic mass is 16.6. The number of hydrogen-bond donors (Lipinski definition) is 2. The summed E-state index contributed by atoms with van der Waals surface area (Å²) in [6.45, 7) is 4.75. The fourth-order valence-corrected chi connectivity index (χ4v) is 1.36. The van der Waals surface area contributed by atoms with E-state index in [9.17, 15) is 4.79 Å². The average molecular weight is 201 g/mol. The van der Waals surface area contributed by atoms with Gasteiger partial charge < -0.3 is 9.64 Å². The lowest BCUT2D eigenvalue weighted by molar-refractivity contribution is -0.539. The summed E-state index contributed by atoms with van der Waals surface area (Å²) in [6.07, 6.45) is -0.261. The van der Waals surface area contributed by atoms with Crippen molar-refractivity contribution in [1.82, 2.24) is 4.90 Å². The summed E-state index contributed by atoms with van der Waals surface area (Å²) >= 11 is 0. The van der Waals surface area contributed by atoms with Gasteiger partial charge in [0.05, 0.1) is 32.8 Å². The van der Waals surface area contributed by atoms with Gasteiger partial charge in [0.15, 0.2) is 0 Å². The molecule has 1 amide bonds. The zero-order valence-electron chi connectivity index (χ0n) is 8.40. The Labute approximate surface area is 83.1 Å². The predicted molar refractivity (Wildman–Crippen MR) is 52.0 cm³/mol. The van der Waals surface area contributed by atoms with Crippen LogP contribution >= 0.6 is 0 Å². The molecular formula is C8H17N4O2+. The number of amides is 1. The quantitative estimate of drug-likeness (QED) is 0.410. The van der Waals surface area contributed by atoms with Gasteiger partial charge in [0, 0.05) is 0 Å². The maximum atomic E-state index is 11.3. The minimum absolute atomic E-state index is 0.261. The van der Waals surface area contributed by atoms with Crippen molar-refractivity contribution in [3.8, 4) is 0 Å². The highest BCUT2D eigenvalue weighted by Gasteiger charge is 2.21. The Morgan fingerprint density at radius 3 is 2.43 bits per heavy atom. The predicted octanol–water partition coefficient (Wildman–Crippen LogP) is -1.26. The zero-order valence-corrected chi connectivity index (χ0v) is 8.40. The largest absolute Gasteiger partial charge is 0.450 e. The van der Waals surface area contributed by atoms with Crippen LogP contribution in [0.2, 0.25) is 0 Å². The second kappa shape index (κ2) is 4.69. The minimum atomic E-state index is -0.261. The summed E-state index contributed by atoms with van der Waals surface area (Å²) in [7, 11) is 0. The summed E-state index contributed by atoms with van der Waals surface area (Å²) in [4.78, 5) is 12.9. The van der Waals surface area contributed by atoms with Crippen molar-refractivity contribution in [2.24, 2.45) is 11.5 Å². The second-order valence-electron chi connectivity index (χ2n) is 3.10. The molecule has 1 aliphatic rings. The van der Waals surface area contributed by atoms with Crippen LogP contribution in [0.4, 0.5) is 4.79 Å². The fourth-order valence-electron chi connectivity index (χ4n) is 1.36. The van der Waals surface area contributed by atoms with E-state index in [2.05, 4.69) is 0 Å². The van der Waals surface area contributed by atoms with Crippen molar-refractivity contribution in [2.75, 3.05) is 32.8 Å². The summed E-state index contributed by atoms with van der Waals surface area (Å²) in [6, 6.07) is 0. The van der Waals surface area contributed by atoms with Gasteiger partial charge in [-0.1, -0.05) is 0 Å². The summed E-state index contributed by atoms with van der Waals surface area (Å²) in [5.41, 5.74) is 10.9. The normalized spacial score (nSPS) is 16.6.